The zero-order chi connectivity index (χ0) is 16.2. The molecule has 1 saturated carbocycles. The lowest BCUT2D eigenvalue weighted by atomic mass is 10.3. The zero-order valence-electron chi connectivity index (χ0n) is 12.8. The average Bonchev–Trinajstić information content (AvgIpc) is 3.40. The first kappa shape index (κ1) is 16.0. The van der Waals surface area contributed by atoms with E-state index < -0.39 is 0 Å². The smallest absolute Gasteiger partial charge is 0.174 e. The van der Waals surface area contributed by atoms with Gasteiger partial charge in [0.25, 0.3) is 0 Å². The van der Waals surface area contributed by atoms with E-state index in [0.29, 0.717) is 22.7 Å². The molecule has 2 aromatic rings. The molecule has 0 bridgehead atoms. The Morgan fingerprint density at radius 1 is 1.39 bits per heavy atom. The number of halogens is 1. The fourth-order valence-corrected chi connectivity index (χ4v) is 2.82. The molecule has 1 aromatic heterocycles. The van der Waals surface area contributed by atoms with E-state index in [4.69, 9.17) is 28.6 Å². The third-order valence-electron chi connectivity index (χ3n) is 3.72. The van der Waals surface area contributed by atoms with Crippen LogP contribution in [0.25, 0.3) is 0 Å². The Hall–Kier alpha value is -1.85. The lowest BCUT2D eigenvalue weighted by molar-refractivity contribution is 0.404. The highest BCUT2D eigenvalue weighted by Crippen LogP contribution is 2.31. The molecular formula is C17H18ClN3OS. The van der Waals surface area contributed by atoms with Crippen molar-refractivity contribution in [3.63, 3.8) is 0 Å². The molecule has 1 heterocycles. The summed E-state index contributed by atoms with van der Waals surface area (Å²) < 4.78 is 5.24. The van der Waals surface area contributed by atoms with E-state index in [1.54, 1.807) is 19.4 Å². The molecule has 1 aromatic carbocycles. The van der Waals surface area contributed by atoms with Crippen molar-refractivity contribution in [2.24, 2.45) is 0 Å². The van der Waals surface area contributed by atoms with Crippen molar-refractivity contribution in [1.82, 2.24) is 9.88 Å². The van der Waals surface area contributed by atoms with Crippen molar-refractivity contribution >= 4 is 34.6 Å². The van der Waals surface area contributed by atoms with E-state index >= 15 is 0 Å². The molecule has 1 aliphatic carbocycles. The first-order valence-corrected chi connectivity index (χ1v) is 8.27. The maximum absolute atomic E-state index is 6.25. The van der Waals surface area contributed by atoms with Crippen molar-refractivity contribution in [1.29, 1.82) is 0 Å². The second-order valence-electron chi connectivity index (χ2n) is 5.46. The van der Waals surface area contributed by atoms with E-state index in [9.17, 15) is 0 Å². The van der Waals surface area contributed by atoms with Crippen LogP contribution in [0.5, 0.6) is 5.75 Å². The predicted octanol–water partition coefficient (Wildman–Crippen LogP) is 4.11. The average molecular weight is 348 g/mol. The van der Waals surface area contributed by atoms with Crippen LogP contribution >= 0.6 is 23.8 Å². The van der Waals surface area contributed by atoms with Crippen molar-refractivity contribution in [2.45, 2.75) is 25.4 Å². The maximum Gasteiger partial charge on any atom is 0.174 e. The fraction of sp³-hybridized carbons (Fsp3) is 0.294. The standard InChI is InChI=1S/C17H18ClN3OS/c1-22-14-7-8-15(18)16(10-14)20-17(23)21(13-5-6-13)11-12-4-2-3-9-19-12/h2-4,7-10,13H,5-6,11H2,1H3,(H,20,23). The van der Waals surface area contributed by atoms with Crippen molar-refractivity contribution in [3.8, 4) is 5.75 Å². The molecule has 4 nitrogen and oxygen atoms in total. The van der Waals surface area contributed by atoms with Gasteiger partial charge in [-0.25, -0.2) is 0 Å². The topological polar surface area (TPSA) is 37.4 Å². The number of nitrogens with zero attached hydrogens (tertiary/aromatic N) is 2. The minimum Gasteiger partial charge on any atom is -0.497 e. The SMILES string of the molecule is COc1ccc(Cl)c(NC(=S)N(Cc2ccccn2)C2CC2)c1. The minimum absolute atomic E-state index is 0.474. The molecule has 23 heavy (non-hydrogen) atoms. The molecule has 1 N–H and O–H groups in total. The van der Waals surface area contributed by atoms with E-state index in [1.807, 2.05) is 30.3 Å². The number of ether oxygens (including phenoxy) is 1. The Labute approximate surface area is 146 Å². The lowest BCUT2D eigenvalue weighted by Crippen LogP contribution is -2.36. The quantitative estimate of drug-likeness (QED) is 0.824. The molecule has 0 radical (unpaired) electrons. The third kappa shape index (κ3) is 4.12. The molecule has 0 unspecified atom stereocenters. The number of rotatable bonds is 5. The summed E-state index contributed by atoms with van der Waals surface area (Å²) in [5, 5.41) is 4.52. The third-order valence-corrected chi connectivity index (χ3v) is 4.39. The second-order valence-corrected chi connectivity index (χ2v) is 6.25. The van der Waals surface area contributed by atoms with E-state index in [1.165, 1.54) is 0 Å². The molecule has 6 heteroatoms. The first-order chi connectivity index (χ1) is 11.2. The normalized spacial score (nSPS) is 13.5. The molecule has 0 aliphatic heterocycles. The Morgan fingerprint density at radius 2 is 2.22 bits per heavy atom. The molecule has 1 fully saturated rings. The van der Waals surface area contributed by atoms with Gasteiger partial charge in [-0.15, -0.1) is 0 Å². The largest absolute Gasteiger partial charge is 0.497 e. The van der Waals surface area contributed by atoms with Gasteiger partial charge in [-0.1, -0.05) is 17.7 Å². The van der Waals surface area contributed by atoms with Crippen molar-refractivity contribution in [2.75, 3.05) is 12.4 Å². The van der Waals surface area contributed by atoms with Crippen molar-refractivity contribution in [3.05, 3.63) is 53.3 Å². The van der Waals surface area contributed by atoms with Gasteiger partial charge in [0.05, 0.1) is 30.1 Å². The summed E-state index contributed by atoms with van der Waals surface area (Å²) in [4.78, 5) is 6.56. The predicted molar refractivity (Wildman–Crippen MR) is 97.0 cm³/mol. The number of hydrogen-bond acceptors (Lipinski definition) is 3. The van der Waals surface area contributed by atoms with Gasteiger partial charge in [-0.2, -0.15) is 0 Å². The van der Waals surface area contributed by atoms with Crippen LogP contribution in [0.15, 0.2) is 42.6 Å². The monoisotopic (exact) mass is 347 g/mol. The zero-order valence-corrected chi connectivity index (χ0v) is 14.4. The first-order valence-electron chi connectivity index (χ1n) is 7.48. The summed E-state index contributed by atoms with van der Waals surface area (Å²) in [6.45, 7) is 0.693. The number of benzene rings is 1. The van der Waals surface area contributed by atoms with Gasteiger partial charge in [0.15, 0.2) is 5.11 Å². The van der Waals surface area contributed by atoms with Gasteiger partial charge < -0.3 is 15.0 Å². The van der Waals surface area contributed by atoms with Crippen LogP contribution in [-0.2, 0) is 6.54 Å². The van der Waals surface area contributed by atoms with E-state index in [0.717, 1.165) is 30.0 Å². The Kier molecular flexibility index (Phi) is 4.98. The highest BCUT2D eigenvalue weighted by atomic mass is 35.5. The molecule has 0 spiro atoms. The number of anilines is 1. The van der Waals surface area contributed by atoms with Crippen LogP contribution in [0.1, 0.15) is 18.5 Å². The minimum atomic E-state index is 0.474. The van der Waals surface area contributed by atoms with Crippen LogP contribution in [0.3, 0.4) is 0 Å². The number of pyridine rings is 1. The fourth-order valence-electron chi connectivity index (χ4n) is 2.33. The van der Waals surface area contributed by atoms with Crippen LogP contribution in [0, 0.1) is 0 Å². The molecular weight excluding hydrogens is 330 g/mol. The van der Waals surface area contributed by atoms with Gasteiger partial charge in [0, 0.05) is 18.3 Å². The summed E-state index contributed by atoms with van der Waals surface area (Å²) in [7, 11) is 1.63. The summed E-state index contributed by atoms with van der Waals surface area (Å²) in [6, 6.07) is 11.9. The Balaban J connectivity index is 1.74. The summed E-state index contributed by atoms with van der Waals surface area (Å²) >= 11 is 11.8. The molecule has 0 amide bonds. The molecule has 120 valence electrons. The highest BCUT2D eigenvalue weighted by Gasteiger charge is 2.31. The number of hydrogen-bond donors (Lipinski definition) is 1. The van der Waals surface area contributed by atoms with Crippen LogP contribution in [0.4, 0.5) is 5.69 Å². The van der Waals surface area contributed by atoms with E-state index in [2.05, 4.69) is 15.2 Å². The van der Waals surface area contributed by atoms with E-state index in [-0.39, 0.29) is 0 Å². The Morgan fingerprint density at radius 3 is 2.87 bits per heavy atom. The second kappa shape index (κ2) is 7.15. The van der Waals surface area contributed by atoms with Gasteiger partial charge >= 0.3 is 0 Å². The maximum atomic E-state index is 6.25. The molecule has 0 saturated heterocycles. The van der Waals surface area contributed by atoms with Crippen LogP contribution < -0.4 is 10.1 Å². The Bertz CT molecular complexity index is 691. The molecule has 1 aliphatic rings. The van der Waals surface area contributed by atoms with Gasteiger partial charge in [-0.3, -0.25) is 4.98 Å². The molecule has 3 rings (SSSR count). The van der Waals surface area contributed by atoms with Gasteiger partial charge in [-0.05, 0) is 49.3 Å². The lowest BCUT2D eigenvalue weighted by Gasteiger charge is -2.26. The number of methoxy groups -OCH3 is 1. The number of nitrogens with one attached hydrogen (secondary N) is 1. The summed E-state index contributed by atoms with van der Waals surface area (Å²) in [6.07, 6.45) is 4.11. The molecule has 0 atom stereocenters. The number of aromatic nitrogens is 1. The summed E-state index contributed by atoms with van der Waals surface area (Å²) in [5.74, 6) is 0.738. The highest BCUT2D eigenvalue weighted by molar-refractivity contribution is 7.80. The number of thiocarbonyl (C=S) groups is 1. The van der Waals surface area contributed by atoms with Gasteiger partial charge in [0.1, 0.15) is 5.75 Å². The van der Waals surface area contributed by atoms with Crippen LogP contribution in [0.2, 0.25) is 5.02 Å². The van der Waals surface area contributed by atoms with Crippen LogP contribution in [-0.4, -0.2) is 28.1 Å². The summed E-state index contributed by atoms with van der Waals surface area (Å²) in [5.41, 5.74) is 1.75. The van der Waals surface area contributed by atoms with Gasteiger partial charge in [0.2, 0.25) is 0 Å². The van der Waals surface area contributed by atoms with Crippen molar-refractivity contribution < 1.29 is 4.74 Å².